The number of hydrazone groups is 1. The van der Waals surface area contributed by atoms with Gasteiger partial charge in [0.25, 0.3) is 11.8 Å². The fourth-order valence-corrected chi connectivity index (χ4v) is 3.20. The lowest BCUT2D eigenvalue weighted by Gasteiger charge is -2.20. The van der Waals surface area contributed by atoms with Gasteiger partial charge in [-0.15, -0.1) is 0 Å². The zero-order chi connectivity index (χ0) is 23.1. The topological polar surface area (TPSA) is 79.8 Å². The average Bonchev–Trinajstić information content (AvgIpc) is 2.72. The lowest BCUT2D eigenvalue weighted by atomic mass is 9.97. The second-order valence-electron chi connectivity index (χ2n) is 8.04. The molecule has 2 aromatic rings. The van der Waals surface area contributed by atoms with Crippen LogP contribution in [0.2, 0.25) is 5.02 Å². The minimum atomic E-state index is -0.733. The molecule has 7 heteroatoms. The predicted molar refractivity (Wildman–Crippen MR) is 125 cm³/mol. The molecule has 0 bridgehead atoms. The average molecular weight is 444 g/mol. The molecule has 0 radical (unpaired) electrons. The van der Waals surface area contributed by atoms with E-state index in [0.717, 1.165) is 22.4 Å². The third-order valence-electron chi connectivity index (χ3n) is 4.96. The Balaban J connectivity index is 2.11. The highest BCUT2D eigenvalue weighted by Crippen LogP contribution is 2.29. The van der Waals surface area contributed by atoms with Crippen LogP contribution in [0.5, 0.6) is 5.75 Å². The van der Waals surface area contributed by atoms with Gasteiger partial charge >= 0.3 is 0 Å². The molecule has 0 saturated heterocycles. The first-order valence-electron chi connectivity index (χ1n) is 10.2. The maximum atomic E-state index is 12.7. The Morgan fingerprint density at radius 1 is 1.10 bits per heavy atom. The fourth-order valence-electron chi connectivity index (χ4n) is 3.08. The molecule has 0 aliphatic rings. The molecule has 0 aliphatic heterocycles. The lowest BCUT2D eigenvalue weighted by Crippen LogP contribution is -2.48. The van der Waals surface area contributed by atoms with Crippen LogP contribution in [0.1, 0.15) is 60.7 Å². The summed E-state index contributed by atoms with van der Waals surface area (Å²) >= 11 is 5.87. The van der Waals surface area contributed by atoms with Gasteiger partial charge in [-0.05, 0) is 71.8 Å². The Bertz CT molecular complexity index is 953. The van der Waals surface area contributed by atoms with Crippen LogP contribution in [-0.2, 0) is 4.79 Å². The summed E-state index contributed by atoms with van der Waals surface area (Å²) < 4.78 is 5.46. The minimum Gasteiger partial charge on any atom is -0.496 e. The number of methoxy groups -OCH3 is 1. The smallest absolute Gasteiger partial charge is 0.262 e. The molecule has 2 N–H and O–H groups in total. The van der Waals surface area contributed by atoms with E-state index in [1.165, 1.54) is 0 Å². The molecule has 0 saturated carbocycles. The second kappa shape index (κ2) is 11.0. The van der Waals surface area contributed by atoms with E-state index < -0.39 is 6.04 Å². The predicted octanol–water partition coefficient (Wildman–Crippen LogP) is 4.69. The molecule has 0 fully saturated rings. The molecule has 0 spiro atoms. The molecule has 0 heterocycles. The van der Waals surface area contributed by atoms with Gasteiger partial charge in [0.1, 0.15) is 11.8 Å². The van der Waals surface area contributed by atoms with Gasteiger partial charge in [0.2, 0.25) is 0 Å². The maximum absolute atomic E-state index is 12.7. The standard InChI is InChI=1S/C24H30ClN3O3/c1-14(2)20-12-18(16(5)11-21(20)31-6)13-26-28-24(30)22(15(3)4)27-23(29)17-7-9-19(25)10-8-17/h7-15,22H,1-6H3,(H,27,29)(H,28,30)/b26-13-. The van der Waals surface area contributed by atoms with E-state index in [9.17, 15) is 9.59 Å². The van der Waals surface area contributed by atoms with Crippen molar-refractivity contribution in [2.75, 3.05) is 7.11 Å². The zero-order valence-electron chi connectivity index (χ0n) is 18.8. The van der Waals surface area contributed by atoms with Crippen molar-refractivity contribution in [2.24, 2.45) is 11.0 Å². The minimum absolute atomic E-state index is 0.123. The van der Waals surface area contributed by atoms with E-state index in [1.54, 1.807) is 37.6 Å². The van der Waals surface area contributed by atoms with Crippen LogP contribution in [0.25, 0.3) is 0 Å². The summed E-state index contributed by atoms with van der Waals surface area (Å²) in [5, 5.41) is 7.43. The SMILES string of the molecule is COc1cc(C)c(/C=N\NC(=O)C(NC(=O)c2ccc(Cl)cc2)C(C)C)cc1C(C)C. The molecule has 166 valence electrons. The number of nitrogens with zero attached hydrogens (tertiary/aromatic N) is 1. The fraction of sp³-hybridized carbons (Fsp3) is 0.375. The summed E-state index contributed by atoms with van der Waals surface area (Å²) in [6.45, 7) is 9.86. The molecule has 2 aromatic carbocycles. The van der Waals surface area contributed by atoms with Crippen LogP contribution < -0.4 is 15.5 Å². The summed E-state index contributed by atoms with van der Waals surface area (Å²) in [5.74, 6) is 0.261. The summed E-state index contributed by atoms with van der Waals surface area (Å²) in [6.07, 6.45) is 1.61. The third kappa shape index (κ3) is 6.56. The van der Waals surface area contributed by atoms with E-state index in [4.69, 9.17) is 16.3 Å². The maximum Gasteiger partial charge on any atom is 0.262 e. The first-order valence-corrected chi connectivity index (χ1v) is 10.6. The van der Waals surface area contributed by atoms with Crippen molar-refractivity contribution in [3.05, 3.63) is 63.7 Å². The van der Waals surface area contributed by atoms with Gasteiger partial charge in [0, 0.05) is 10.6 Å². The van der Waals surface area contributed by atoms with Crippen LogP contribution in [0.4, 0.5) is 0 Å². The van der Waals surface area contributed by atoms with Crippen molar-refractivity contribution in [3.8, 4) is 5.75 Å². The van der Waals surface area contributed by atoms with Gasteiger partial charge < -0.3 is 10.1 Å². The molecular formula is C24H30ClN3O3. The highest BCUT2D eigenvalue weighted by Gasteiger charge is 2.24. The first kappa shape index (κ1) is 24.4. The molecule has 1 unspecified atom stereocenters. The third-order valence-corrected chi connectivity index (χ3v) is 5.21. The van der Waals surface area contributed by atoms with Crippen LogP contribution in [-0.4, -0.2) is 31.2 Å². The Morgan fingerprint density at radius 2 is 1.74 bits per heavy atom. The van der Waals surface area contributed by atoms with Gasteiger partial charge in [-0.1, -0.05) is 39.3 Å². The monoisotopic (exact) mass is 443 g/mol. The number of hydrogen-bond donors (Lipinski definition) is 2. The second-order valence-corrected chi connectivity index (χ2v) is 8.48. The number of ether oxygens (including phenoxy) is 1. The van der Waals surface area contributed by atoms with Crippen molar-refractivity contribution >= 4 is 29.6 Å². The Morgan fingerprint density at radius 3 is 2.29 bits per heavy atom. The van der Waals surface area contributed by atoms with Gasteiger partial charge in [-0.3, -0.25) is 9.59 Å². The van der Waals surface area contributed by atoms with Crippen molar-refractivity contribution in [1.82, 2.24) is 10.7 Å². The Hall–Kier alpha value is -2.86. The summed E-state index contributed by atoms with van der Waals surface area (Å²) in [6, 6.07) is 9.73. The summed E-state index contributed by atoms with van der Waals surface area (Å²) in [5.41, 5.74) is 5.91. The molecule has 6 nitrogen and oxygen atoms in total. The normalized spacial score (nSPS) is 12.3. The number of aryl methyl sites for hydroxylation is 1. The molecule has 2 rings (SSSR count). The van der Waals surface area contributed by atoms with Crippen molar-refractivity contribution in [2.45, 2.75) is 46.6 Å². The number of rotatable bonds is 8. The number of carbonyl (C=O) groups is 2. The number of hydrogen-bond acceptors (Lipinski definition) is 4. The largest absolute Gasteiger partial charge is 0.496 e. The van der Waals surface area contributed by atoms with E-state index in [2.05, 4.69) is 29.7 Å². The number of halogens is 1. The molecule has 2 amide bonds. The Labute approximate surface area is 189 Å². The van der Waals surface area contributed by atoms with Crippen molar-refractivity contribution in [1.29, 1.82) is 0 Å². The van der Waals surface area contributed by atoms with Crippen molar-refractivity contribution < 1.29 is 14.3 Å². The number of benzene rings is 2. The quantitative estimate of drug-likeness (QED) is 0.459. The lowest BCUT2D eigenvalue weighted by molar-refractivity contribution is -0.123. The number of nitrogens with one attached hydrogen (secondary N) is 2. The van der Waals surface area contributed by atoms with Gasteiger partial charge in [-0.25, -0.2) is 5.43 Å². The van der Waals surface area contributed by atoms with E-state index in [-0.39, 0.29) is 23.7 Å². The summed E-state index contributed by atoms with van der Waals surface area (Å²) in [4.78, 5) is 25.2. The van der Waals surface area contributed by atoms with Crippen LogP contribution in [0, 0.1) is 12.8 Å². The number of carbonyl (C=O) groups excluding carboxylic acids is 2. The van der Waals surface area contributed by atoms with Crippen molar-refractivity contribution in [3.63, 3.8) is 0 Å². The van der Waals surface area contributed by atoms with E-state index in [1.807, 2.05) is 32.9 Å². The molecule has 1 atom stereocenters. The first-order chi connectivity index (χ1) is 14.6. The van der Waals surface area contributed by atoms with Gasteiger partial charge in [0.05, 0.1) is 13.3 Å². The van der Waals surface area contributed by atoms with Gasteiger partial charge in [0.15, 0.2) is 0 Å². The molecule has 0 aromatic heterocycles. The molecule has 31 heavy (non-hydrogen) atoms. The Kier molecular flexibility index (Phi) is 8.63. The van der Waals surface area contributed by atoms with Gasteiger partial charge in [-0.2, -0.15) is 5.10 Å². The van der Waals surface area contributed by atoms with E-state index >= 15 is 0 Å². The van der Waals surface area contributed by atoms with Crippen LogP contribution >= 0.6 is 11.6 Å². The van der Waals surface area contributed by atoms with Crippen LogP contribution in [0.3, 0.4) is 0 Å². The van der Waals surface area contributed by atoms with Crippen LogP contribution in [0.15, 0.2) is 41.5 Å². The summed E-state index contributed by atoms with van der Waals surface area (Å²) in [7, 11) is 1.65. The highest BCUT2D eigenvalue weighted by atomic mass is 35.5. The molecule has 0 aliphatic carbocycles. The van der Waals surface area contributed by atoms with E-state index in [0.29, 0.717) is 10.6 Å². The highest BCUT2D eigenvalue weighted by molar-refractivity contribution is 6.30. The molecular weight excluding hydrogens is 414 g/mol. The zero-order valence-corrected chi connectivity index (χ0v) is 19.6. The number of amides is 2.